The number of ether oxygens (including phenoxy) is 1. The van der Waals surface area contributed by atoms with Crippen molar-refractivity contribution in [2.24, 2.45) is 33.1 Å². The number of rotatable bonds is 11. The molecular formula is C19H38N6O5. The highest BCUT2D eigenvalue weighted by Crippen LogP contribution is 2.26. The minimum absolute atomic E-state index is 0.00446. The third-order valence-electron chi connectivity index (χ3n) is 5.03. The van der Waals surface area contributed by atoms with Gasteiger partial charge in [-0.05, 0) is 18.8 Å². The third kappa shape index (κ3) is 8.82. The monoisotopic (exact) mass is 430 g/mol. The summed E-state index contributed by atoms with van der Waals surface area (Å²) in [6.07, 6.45) is 0.859. The van der Waals surface area contributed by atoms with Crippen LogP contribution in [-0.2, 0) is 9.53 Å². The van der Waals surface area contributed by atoms with Gasteiger partial charge in [-0.3, -0.25) is 9.79 Å². The fraction of sp³-hybridized carbons (Fsp3) is 0.842. The summed E-state index contributed by atoms with van der Waals surface area (Å²) in [5, 5.41) is 32.6. The molecule has 1 amide bonds. The van der Waals surface area contributed by atoms with Gasteiger partial charge in [0.05, 0.1) is 18.8 Å². The summed E-state index contributed by atoms with van der Waals surface area (Å²) in [6, 6.07) is -0.719. The number of aliphatic imine (C=N–C) groups is 2. The minimum Gasteiger partial charge on any atom is -0.394 e. The van der Waals surface area contributed by atoms with Crippen molar-refractivity contribution in [3.05, 3.63) is 0 Å². The Morgan fingerprint density at radius 2 is 1.70 bits per heavy atom. The minimum atomic E-state index is -1.25. The topological polar surface area (TPSA) is 202 Å². The second-order valence-electron chi connectivity index (χ2n) is 7.93. The van der Waals surface area contributed by atoms with E-state index in [0.29, 0.717) is 19.4 Å². The van der Waals surface area contributed by atoms with Gasteiger partial charge in [0.1, 0.15) is 18.3 Å². The van der Waals surface area contributed by atoms with E-state index in [1.165, 1.54) is 0 Å². The molecular weight excluding hydrogens is 392 g/mol. The maximum atomic E-state index is 12.3. The van der Waals surface area contributed by atoms with Gasteiger partial charge < -0.3 is 42.6 Å². The quantitative estimate of drug-likeness (QED) is 0.117. The second kappa shape index (κ2) is 13.4. The molecule has 0 saturated carbocycles. The summed E-state index contributed by atoms with van der Waals surface area (Å²) in [5.41, 5.74) is 15.9. The Labute approximate surface area is 177 Å². The molecule has 0 aromatic carbocycles. The molecule has 11 heteroatoms. The van der Waals surface area contributed by atoms with Crippen LogP contribution in [0.1, 0.15) is 52.4 Å². The zero-order chi connectivity index (χ0) is 22.7. The van der Waals surface area contributed by atoms with E-state index in [4.69, 9.17) is 21.9 Å². The number of nitrogens with one attached hydrogen (secondary N) is 1. The summed E-state index contributed by atoms with van der Waals surface area (Å²) in [6.45, 7) is 3.94. The summed E-state index contributed by atoms with van der Waals surface area (Å²) < 4.78 is 5.70. The molecule has 30 heavy (non-hydrogen) atoms. The van der Waals surface area contributed by atoms with Gasteiger partial charge in [-0.1, -0.05) is 33.1 Å². The Morgan fingerprint density at radius 3 is 2.30 bits per heavy atom. The van der Waals surface area contributed by atoms with Gasteiger partial charge in [-0.25, -0.2) is 0 Å². The van der Waals surface area contributed by atoms with E-state index in [-0.39, 0.29) is 23.7 Å². The van der Waals surface area contributed by atoms with Crippen molar-refractivity contribution < 1.29 is 24.9 Å². The van der Waals surface area contributed by atoms with Crippen LogP contribution in [0.5, 0.6) is 0 Å². The van der Waals surface area contributed by atoms with Crippen LogP contribution in [0.25, 0.3) is 0 Å². The molecule has 0 aromatic heterocycles. The number of unbranched alkanes of at least 4 members (excludes halogenated alkanes) is 4. The molecule has 1 aliphatic rings. The molecule has 0 bridgehead atoms. The highest BCUT2D eigenvalue weighted by molar-refractivity contribution is 5.92. The Bertz CT molecular complexity index is 582. The van der Waals surface area contributed by atoms with Gasteiger partial charge in [0.2, 0.25) is 11.9 Å². The van der Waals surface area contributed by atoms with Crippen molar-refractivity contribution in [2.45, 2.75) is 82.8 Å². The molecule has 0 aliphatic carbocycles. The first kappa shape index (κ1) is 26.1. The van der Waals surface area contributed by atoms with Crippen LogP contribution in [0.4, 0.5) is 0 Å². The zero-order valence-electron chi connectivity index (χ0n) is 17.9. The first-order chi connectivity index (χ1) is 14.2. The fourth-order valence-electron chi connectivity index (χ4n) is 3.43. The smallest absolute Gasteiger partial charge is 0.220 e. The molecule has 1 aliphatic heterocycles. The highest BCUT2D eigenvalue weighted by Gasteiger charge is 2.45. The maximum absolute atomic E-state index is 12.3. The van der Waals surface area contributed by atoms with E-state index in [9.17, 15) is 20.1 Å². The number of amides is 1. The predicted molar refractivity (Wildman–Crippen MR) is 115 cm³/mol. The van der Waals surface area contributed by atoms with Gasteiger partial charge in [0.25, 0.3) is 0 Å². The van der Waals surface area contributed by atoms with Crippen LogP contribution < -0.4 is 22.5 Å². The molecule has 1 fully saturated rings. The first-order valence-electron chi connectivity index (χ1n) is 10.5. The SMILES string of the molecule is CC(C)[C@@H]1OC(CO)[C@@H](O)C(O)C1NC(=O)CCCCCCCN=C(N)N=C(N)N. The standard InChI is InChI=1S/C19H38N6O5/c1-11(2)17-14(16(29)15(28)12(10-26)30-17)24-13(27)8-6-4-3-5-7-9-23-19(22)25-18(20)21/h11-12,14-17,26,28-29H,3-10H2,1-2H3,(H,24,27)(H6,20,21,22,23,25)/t12?,14?,15-,16?,17+/m1/s1. The second-order valence-corrected chi connectivity index (χ2v) is 7.93. The normalized spacial score (nSPS) is 27.1. The van der Waals surface area contributed by atoms with Crippen LogP contribution in [0.3, 0.4) is 0 Å². The van der Waals surface area contributed by atoms with E-state index in [1.54, 1.807) is 0 Å². The van der Waals surface area contributed by atoms with Crippen molar-refractivity contribution in [3.8, 4) is 0 Å². The average Bonchev–Trinajstić information content (AvgIpc) is 2.67. The number of nitrogens with two attached hydrogens (primary N) is 3. The molecule has 0 spiro atoms. The number of nitrogens with zero attached hydrogens (tertiary/aromatic N) is 2. The van der Waals surface area contributed by atoms with Crippen molar-refractivity contribution in [1.29, 1.82) is 0 Å². The first-order valence-corrected chi connectivity index (χ1v) is 10.5. The van der Waals surface area contributed by atoms with E-state index < -0.39 is 37.1 Å². The Kier molecular flexibility index (Phi) is 11.6. The lowest BCUT2D eigenvalue weighted by atomic mass is 9.87. The van der Waals surface area contributed by atoms with Gasteiger partial charge in [-0.2, -0.15) is 4.99 Å². The molecule has 1 rings (SSSR count). The summed E-state index contributed by atoms with van der Waals surface area (Å²) >= 11 is 0. The average molecular weight is 431 g/mol. The molecule has 10 N–H and O–H groups in total. The van der Waals surface area contributed by atoms with Crippen molar-refractivity contribution in [1.82, 2.24) is 5.32 Å². The third-order valence-corrected chi connectivity index (χ3v) is 5.03. The van der Waals surface area contributed by atoms with Crippen LogP contribution >= 0.6 is 0 Å². The lowest BCUT2D eigenvalue weighted by molar-refractivity contribution is -0.204. The van der Waals surface area contributed by atoms with Crippen LogP contribution in [0.2, 0.25) is 0 Å². The van der Waals surface area contributed by atoms with Gasteiger partial charge in [0.15, 0.2) is 5.96 Å². The predicted octanol–water partition coefficient (Wildman–Crippen LogP) is -1.46. The van der Waals surface area contributed by atoms with Crippen LogP contribution in [0, 0.1) is 5.92 Å². The summed E-state index contributed by atoms with van der Waals surface area (Å²) in [4.78, 5) is 20.0. The molecule has 1 saturated heterocycles. The van der Waals surface area contributed by atoms with Gasteiger partial charge in [-0.15, -0.1) is 0 Å². The molecule has 5 atom stereocenters. The summed E-state index contributed by atoms with van der Waals surface area (Å²) in [7, 11) is 0. The largest absolute Gasteiger partial charge is 0.394 e. The zero-order valence-corrected chi connectivity index (χ0v) is 17.9. The van der Waals surface area contributed by atoms with Gasteiger partial charge >= 0.3 is 0 Å². The van der Waals surface area contributed by atoms with E-state index >= 15 is 0 Å². The molecule has 11 nitrogen and oxygen atoms in total. The number of aliphatic hydroxyl groups is 3. The van der Waals surface area contributed by atoms with Crippen molar-refractivity contribution >= 4 is 17.8 Å². The molecule has 3 unspecified atom stereocenters. The number of guanidine groups is 2. The molecule has 0 radical (unpaired) electrons. The Morgan fingerprint density at radius 1 is 1.07 bits per heavy atom. The number of carbonyl (C=O) groups is 1. The van der Waals surface area contributed by atoms with Crippen molar-refractivity contribution in [2.75, 3.05) is 13.2 Å². The van der Waals surface area contributed by atoms with Crippen LogP contribution in [0.15, 0.2) is 9.98 Å². The van der Waals surface area contributed by atoms with Crippen molar-refractivity contribution in [3.63, 3.8) is 0 Å². The van der Waals surface area contributed by atoms with E-state index in [0.717, 1.165) is 25.7 Å². The maximum Gasteiger partial charge on any atom is 0.220 e. The number of hydrogen-bond donors (Lipinski definition) is 7. The Hall–Kier alpha value is -1.95. The fourth-order valence-corrected chi connectivity index (χ4v) is 3.43. The Balaban J connectivity index is 2.31. The van der Waals surface area contributed by atoms with E-state index in [1.807, 2.05) is 13.8 Å². The van der Waals surface area contributed by atoms with E-state index in [2.05, 4.69) is 15.3 Å². The number of aliphatic hydroxyl groups excluding tert-OH is 3. The van der Waals surface area contributed by atoms with Crippen LogP contribution in [-0.4, -0.2) is 76.8 Å². The molecule has 1 heterocycles. The molecule has 0 aromatic rings. The summed E-state index contributed by atoms with van der Waals surface area (Å²) in [5.74, 6) is -0.257. The van der Waals surface area contributed by atoms with Gasteiger partial charge in [0, 0.05) is 13.0 Å². The highest BCUT2D eigenvalue weighted by atomic mass is 16.5. The lowest BCUT2D eigenvalue weighted by Gasteiger charge is -2.44. The molecule has 174 valence electrons. The number of hydrogen-bond acceptors (Lipinski definition) is 6. The lowest BCUT2D eigenvalue weighted by Crippen LogP contribution is -2.65. The number of carbonyl (C=O) groups excluding carboxylic acids is 1.